The predicted octanol–water partition coefficient (Wildman–Crippen LogP) is 5.20. The molecule has 0 aromatic heterocycles. The number of halogens is 1. The lowest BCUT2D eigenvalue weighted by molar-refractivity contribution is -0.384. The van der Waals surface area contributed by atoms with Gasteiger partial charge in [0.2, 0.25) is 11.8 Å². The van der Waals surface area contributed by atoms with Crippen LogP contribution >= 0.6 is 23.4 Å². The first-order chi connectivity index (χ1) is 15.5. The quantitative estimate of drug-likeness (QED) is 0.364. The minimum absolute atomic E-state index is 0.0291. The van der Waals surface area contributed by atoms with Crippen molar-refractivity contribution in [1.29, 1.82) is 0 Å². The van der Waals surface area contributed by atoms with Crippen molar-refractivity contribution in [2.75, 3.05) is 5.75 Å². The normalized spacial score (nSPS) is 12.2. The molecule has 0 radical (unpaired) electrons. The first-order valence-corrected chi connectivity index (χ1v) is 12.2. The number of carbonyl (C=O) groups is 2. The van der Waals surface area contributed by atoms with Crippen molar-refractivity contribution < 1.29 is 14.5 Å². The van der Waals surface area contributed by atoms with Crippen LogP contribution in [0.1, 0.15) is 45.2 Å². The van der Waals surface area contributed by atoms with E-state index in [1.165, 1.54) is 23.9 Å². The maximum atomic E-state index is 13.3. The van der Waals surface area contributed by atoms with Crippen LogP contribution in [0, 0.1) is 10.1 Å². The number of rotatable bonds is 10. The lowest BCUT2D eigenvalue weighted by Crippen LogP contribution is -2.53. The molecule has 0 fully saturated rings. The van der Waals surface area contributed by atoms with Crippen molar-refractivity contribution >= 4 is 40.9 Å². The third-order valence-corrected chi connectivity index (χ3v) is 6.18. The monoisotopic (exact) mass is 491 g/mol. The smallest absolute Gasteiger partial charge is 0.269 e. The standard InChI is InChI=1S/C24H30ClN3O4S/c1-5-21(23(30)26-24(2,3)4)27(14-18-8-6-7-9-20(18)25)22(29)16-33-15-17-10-12-19(13-11-17)28(31)32/h6-13,21H,5,14-16H2,1-4H3,(H,26,30)/t21-/m1/s1. The first kappa shape index (κ1) is 26.7. The zero-order valence-electron chi connectivity index (χ0n) is 19.3. The van der Waals surface area contributed by atoms with Crippen LogP contribution in [0.2, 0.25) is 5.02 Å². The topological polar surface area (TPSA) is 92.6 Å². The molecule has 178 valence electrons. The fourth-order valence-electron chi connectivity index (χ4n) is 3.24. The van der Waals surface area contributed by atoms with E-state index in [-0.39, 0.29) is 29.8 Å². The maximum absolute atomic E-state index is 13.3. The van der Waals surface area contributed by atoms with Gasteiger partial charge in [-0.1, -0.05) is 48.9 Å². The summed E-state index contributed by atoms with van der Waals surface area (Å²) in [7, 11) is 0. The molecule has 0 bridgehead atoms. The van der Waals surface area contributed by atoms with E-state index >= 15 is 0 Å². The van der Waals surface area contributed by atoms with Gasteiger partial charge in [-0.2, -0.15) is 0 Å². The van der Waals surface area contributed by atoms with E-state index in [1.807, 2.05) is 45.9 Å². The largest absolute Gasteiger partial charge is 0.350 e. The summed E-state index contributed by atoms with van der Waals surface area (Å²) in [4.78, 5) is 38.2. The number of nitro groups is 1. The van der Waals surface area contributed by atoms with Crippen molar-refractivity contribution in [3.05, 3.63) is 74.8 Å². The van der Waals surface area contributed by atoms with Crippen molar-refractivity contribution in [1.82, 2.24) is 10.2 Å². The van der Waals surface area contributed by atoms with E-state index in [2.05, 4.69) is 5.32 Å². The minimum Gasteiger partial charge on any atom is -0.350 e. The van der Waals surface area contributed by atoms with Gasteiger partial charge in [-0.05, 0) is 44.4 Å². The highest BCUT2D eigenvalue weighted by atomic mass is 35.5. The van der Waals surface area contributed by atoms with Gasteiger partial charge in [-0.25, -0.2) is 0 Å². The number of benzene rings is 2. The van der Waals surface area contributed by atoms with Gasteiger partial charge in [0.05, 0.1) is 10.7 Å². The zero-order chi connectivity index (χ0) is 24.6. The van der Waals surface area contributed by atoms with Crippen LogP contribution in [-0.2, 0) is 21.9 Å². The molecular formula is C24H30ClN3O4S. The summed E-state index contributed by atoms with van der Waals surface area (Å²) < 4.78 is 0. The molecule has 2 aromatic carbocycles. The Kier molecular flexibility index (Phi) is 9.73. The minimum atomic E-state index is -0.632. The molecule has 0 heterocycles. The van der Waals surface area contributed by atoms with Crippen molar-refractivity contribution in [2.24, 2.45) is 0 Å². The number of non-ortho nitro benzene ring substituents is 1. The second-order valence-electron chi connectivity index (χ2n) is 8.69. The van der Waals surface area contributed by atoms with E-state index in [9.17, 15) is 19.7 Å². The SMILES string of the molecule is CC[C@H](C(=O)NC(C)(C)C)N(Cc1ccccc1Cl)C(=O)CSCc1ccc([N+](=O)[O-])cc1. The Morgan fingerprint density at radius 1 is 1.15 bits per heavy atom. The lowest BCUT2D eigenvalue weighted by atomic mass is 10.1. The first-order valence-electron chi connectivity index (χ1n) is 10.7. The molecule has 0 saturated heterocycles. The molecule has 0 aliphatic rings. The molecule has 0 spiro atoms. The number of nitrogens with zero attached hydrogens (tertiary/aromatic N) is 2. The predicted molar refractivity (Wildman–Crippen MR) is 133 cm³/mol. The Morgan fingerprint density at radius 2 is 1.79 bits per heavy atom. The summed E-state index contributed by atoms with van der Waals surface area (Å²) in [6.45, 7) is 7.81. The van der Waals surface area contributed by atoms with E-state index in [0.717, 1.165) is 11.1 Å². The highest BCUT2D eigenvalue weighted by molar-refractivity contribution is 7.99. The average Bonchev–Trinajstić information content (AvgIpc) is 2.74. The third-order valence-electron chi connectivity index (χ3n) is 4.82. The molecule has 0 aliphatic heterocycles. The highest BCUT2D eigenvalue weighted by Gasteiger charge is 2.30. The lowest BCUT2D eigenvalue weighted by Gasteiger charge is -2.33. The number of hydrogen-bond acceptors (Lipinski definition) is 5. The van der Waals surface area contributed by atoms with Gasteiger partial charge in [0.1, 0.15) is 6.04 Å². The zero-order valence-corrected chi connectivity index (χ0v) is 20.9. The van der Waals surface area contributed by atoms with Gasteiger partial charge in [-0.3, -0.25) is 19.7 Å². The van der Waals surface area contributed by atoms with Crippen LogP contribution in [0.4, 0.5) is 5.69 Å². The van der Waals surface area contributed by atoms with Crippen LogP contribution in [0.25, 0.3) is 0 Å². The number of nitro benzene ring substituents is 1. The van der Waals surface area contributed by atoms with E-state index in [4.69, 9.17) is 11.6 Å². The summed E-state index contributed by atoms with van der Waals surface area (Å²) in [5, 5.41) is 14.3. The van der Waals surface area contributed by atoms with Crippen LogP contribution in [0.3, 0.4) is 0 Å². The molecule has 1 N–H and O–H groups in total. The summed E-state index contributed by atoms with van der Waals surface area (Å²) in [6, 6.07) is 12.9. The van der Waals surface area contributed by atoms with Gasteiger partial charge in [-0.15, -0.1) is 11.8 Å². The Balaban J connectivity index is 2.15. The number of hydrogen-bond donors (Lipinski definition) is 1. The molecule has 0 aliphatic carbocycles. The molecule has 2 aromatic rings. The fourth-order valence-corrected chi connectivity index (χ4v) is 4.30. The number of thioether (sulfide) groups is 1. The van der Waals surface area contributed by atoms with Crippen molar-refractivity contribution in [2.45, 2.75) is 58.0 Å². The molecular weight excluding hydrogens is 462 g/mol. The van der Waals surface area contributed by atoms with Crippen molar-refractivity contribution in [3.63, 3.8) is 0 Å². The number of amides is 2. The summed E-state index contributed by atoms with van der Waals surface area (Å²) in [6.07, 6.45) is 0.463. The van der Waals surface area contributed by atoms with Crippen LogP contribution in [0.15, 0.2) is 48.5 Å². The van der Waals surface area contributed by atoms with Crippen LogP contribution < -0.4 is 5.32 Å². The van der Waals surface area contributed by atoms with Crippen LogP contribution in [-0.4, -0.2) is 39.0 Å². The highest BCUT2D eigenvalue weighted by Crippen LogP contribution is 2.22. The van der Waals surface area contributed by atoms with E-state index < -0.39 is 16.5 Å². The Morgan fingerprint density at radius 3 is 2.33 bits per heavy atom. The molecule has 33 heavy (non-hydrogen) atoms. The Bertz CT molecular complexity index is 976. The Hall–Kier alpha value is -2.58. The molecule has 0 saturated carbocycles. The molecule has 9 heteroatoms. The van der Waals surface area contributed by atoms with E-state index in [1.54, 1.807) is 23.1 Å². The maximum Gasteiger partial charge on any atom is 0.269 e. The van der Waals surface area contributed by atoms with Gasteiger partial charge in [0, 0.05) is 35.0 Å². The third kappa shape index (κ3) is 8.37. The summed E-state index contributed by atoms with van der Waals surface area (Å²) in [5.41, 5.74) is 1.26. The second kappa shape index (κ2) is 12.0. The fraction of sp³-hybridized carbons (Fsp3) is 0.417. The summed E-state index contributed by atoms with van der Waals surface area (Å²) >= 11 is 7.73. The number of nitrogens with one attached hydrogen (secondary N) is 1. The molecule has 1 atom stereocenters. The van der Waals surface area contributed by atoms with Gasteiger partial charge in [0.25, 0.3) is 5.69 Å². The van der Waals surface area contributed by atoms with E-state index in [0.29, 0.717) is 17.2 Å². The number of carbonyl (C=O) groups excluding carboxylic acids is 2. The molecule has 7 nitrogen and oxygen atoms in total. The van der Waals surface area contributed by atoms with Gasteiger partial charge in [0.15, 0.2) is 0 Å². The van der Waals surface area contributed by atoms with Crippen LogP contribution in [0.5, 0.6) is 0 Å². The molecule has 2 amide bonds. The molecule has 0 unspecified atom stereocenters. The van der Waals surface area contributed by atoms with Gasteiger partial charge >= 0.3 is 0 Å². The molecule has 2 rings (SSSR count). The average molecular weight is 492 g/mol. The second-order valence-corrected chi connectivity index (χ2v) is 10.1. The van der Waals surface area contributed by atoms with Crippen molar-refractivity contribution in [3.8, 4) is 0 Å². The van der Waals surface area contributed by atoms with Gasteiger partial charge < -0.3 is 10.2 Å². The Labute approximate surface area is 204 Å². The summed E-state index contributed by atoms with van der Waals surface area (Å²) in [5.74, 6) is 0.318.